The molecule has 2 atom stereocenters. The van der Waals surface area contributed by atoms with Gasteiger partial charge in [0.2, 0.25) is 5.67 Å². The third-order valence-corrected chi connectivity index (χ3v) is 2.90. The van der Waals surface area contributed by atoms with Gasteiger partial charge >= 0.3 is 34.8 Å². The molecule has 13 heteroatoms. The number of carbonyl (C=O) groups excluding carboxylic acids is 2. The smallest absolute Gasteiger partial charge is 0.547 e. The molecule has 4 nitrogen and oxygen atoms in total. The number of hydrogen-bond donors (Lipinski definition) is 0. The van der Waals surface area contributed by atoms with Crippen LogP contribution in [0.5, 0.6) is 0 Å². The summed E-state index contributed by atoms with van der Waals surface area (Å²) in [7, 11) is 0. The summed E-state index contributed by atoms with van der Waals surface area (Å²) < 4.78 is 105. The fraction of sp³-hybridized carbons (Fsp3) is 0.750. The zero-order valence-corrected chi connectivity index (χ0v) is 10.1. The van der Waals surface area contributed by atoms with Gasteiger partial charge in [-0.1, -0.05) is 0 Å². The Balaban J connectivity index is 0.00000400. The van der Waals surface area contributed by atoms with Crippen LogP contribution in [0.3, 0.4) is 0 Å². The Bertz CT molecular complexity index is 483. The van der Waals surface area contributed by atoms with E-state index < -0.39 is 47.5 Å². The zero-order valence-electron chi connectivity index (χ0n) is 9.17. The molecule has 0 saturated heterocycles. The standard InChI is InChI=1S/C8H4F8O4.Cu/c9-4(2(17)18)1-5(10,11)7(13,14)8(15,16)6(4,12)3(19)20;/h1H2,(H,17,18)(H,19,20);/q;+2/p-2. The molecule has 1 aliphatic rings. The van der Waals surface area contributed by atoms with E-state index in [1.165, 1.54) is 0 Å². The summed E-state index contributed by atoms with van der Waals surface area (Å²) in [5, 5.41) is 20.5. The van der Waals surface area contributed by atoms with Crippen molar-refractivity contribution in [1.82, 2.24) is 0 Å². The van der Waals surface area contributed by atoms with Crippen LogP contribution >= 0.6 is 0 Å². The minimum Gasteiger partial charge on any atom is -0.547 e. The number of aliphatic carboxylic acids is 2. The Morgan fingerprint density at radius 3 is 1.43 bits per heavy atom. The van der Waals surface area contributed by atoms with Gasteiger partial charge in [0, 0.05) is 0 Å². The number of alkyl halides is 8. The topological polar surface area (TPSA) is 80.3 Å². The van der Waals surface area contributed by atoms with Crippen molar-refractivity contribution in [3.05, 3.63) is 0 Å². The quantitative estimate of drug-likeness (QED) is 0.467. The predicted octanol–water partition coefficient (Wildman–Crippen LogP) is -0.790. The third-order valence-electron chi connectivity index (χ3n) is 2.90. The Morgan fingerprint density at radius 2 is 1.14 bits per heavy atom. The molecule has 1 fully saturated rings. The van der Waals surface area contributed by atoms with Crippen molar-refractivity contribution >= 4 is 11.9 Å². The van der Waals surface area contributed by atoms with Crippen LogP contribution in [0, 0.1) is 0 Å². The van der Waals surface area contributed by atoms with Crippen molar-refractivity contribution in [3.63, 3.8) is 0 Å². The van der Waals surface area contributed by atoms with E-state index in [4.69, 9.17) is 0 Å². The molecule has 0 aromatic heterocycles. The van der Waals surface area contributed by atoms with Gasteiger partial charge in [-0.25, -0.2) is 8.78 Å². The minimum atomic E-state index is -6.91. The third kappa shape index (κ3) is 1.93. The molecular weight excluding hydrogens is 376 g/mol. The molecule has 0 aromatic carbocycles. The van der Waals surface area contributed by atoms with E-state index in [0.29, 0.717) is 0 Å². The van der Waals surface area contributed by atoms with E-state index >= 15 is 0 Å². The number of rotatable bonds is 2. The maximum absolute atomic E-state index is 13.6. The molecule has 0 aliphatic heterocycles. The van der Waals surface area contributed by atoms with Gasteiger partial charge < -0.3 is 19.8 Å². The monoisotopic (exact) mass is 377 g/mol. The first kappa shape index (κ1) is 19.9. The summed E-state index contributed by atoms with van der Waals surface area (Å²) in [6.45, 7) is 0. The van der Waals surface area contributed by atoms with Crippen molar-refractivity contribution in [2.24, 2.45) is 0 Å². The maximum Gasteiger partial charge on any atom is 2.00 e. The average Bonchev–Trinajstić information content (AvgIpc) is 2.24. The minimum absolute atomic E-state index is 0. The van der Waals surface area contributed by atoms with Gasteiger partial charge in [-0.2, -0.15) is 26.3 Å². The van der Waals surface area contributed by atoms with Crippen molar-refractivity contribution in [3.8, 4) is 0 Å². The van der Waals surface area contributed by atoms with Crippen LogP contribution in [0.4, 0.5) is 35.1 Å². The molecule has 21 heavy (non-hydrogen) atoms. The SMILES string of the molecule is O=C([O-])C1(F)CC(F)(F)C(F)(F)C(F)(F)C1(F)C(=O)[O-].[Cu+2]. The summed E-state index contributed by atoms with van der Waals surface area (Å²) in [6, 6.07) is 0. The first-order valence-corrected chi connectivity index (χ1v) is 4.54. The number of carboxylic acids is 2. The predicted molar refractivity (Wildman–Crippen MR) is 37.2 cm³/mol. The second-order valence-corrected chi connectivity index (χ2v) is 4.06. The number of carboxylic acid groups (broad SMARTS) is 2. The molecule has 1 rings (SSSR count). The van der Waals surface area contributed by atoms with E-state index in [0.717, 1.165) is 0 Å². The van der Waals surface area contributed by atoms with Crippen LogP contribution in [-0.4, -0.2) is 41.0 Å². The summed E-state index contributed by atoms with van der Waals surface area (Å²) in [5.74, 6) is -27.2. The van der Waals surface area contributed by atoms with Gasteiger partial charge in [0.15, 0.2) is 0 Å². The number of hydrogen-bond acceptors (Lipinski definition) is 4. The largest absolute Gasteiger partial charge is 2.00 e. The second-order valence-electron chi connectivity index (χ2n) is 4.06. The molecular formula is C8H2CuF8O4. The molecule has 0 heterocycles. The molecule has 1 radical (unpaired) electrons. The molecule has 1 aliphatic carbocycles. The maximum atomic E-state index is 13.6. The van der Waals surface area contributed by atoms with E-state index in [-0.39, 0.29) is 17.1 Å². The van der Waals surface area contributed by atoms with Crippen LogP contribution in [0.15, 0.2) is 0 Å². The van der Waals surface area contributed by atoms with Crippen molar-refractivity contribution in [2.45, 2.75) is 35.5 Å². The van der Waals surface area contributed by atoms with Crippen LogP contribution in [0.2, 0.25) is 0 Å². The summed E-state index contributed by atoms with van der Waals surface area (Å²) >= 11 is 0. The van der Waals surface area contributed by atoms with Gasteiger partial charge in [-0.15, -0.1) is 0 Å². The van der Waals surface area contributed by atoms with Crippen molar-refractivity contribution in [2.75, 3.05) is 0 Å². The molecule has 0 spiro atoms. The average molecular weight is 378 g/mol. The second kappa shape index (κ2) is 4.70. The molecule has 0 N–H and O–H groups in total. The summed E-state index contributed by atoms with van der Waals surface area (Å²) in [4.78, 5) is 20.5. The molecule has 2 unspecified atom stereocenters. The molecule has 125 valence electrons. The van der Waals surface area contributed by atoms with E-state index in [1.807, 2.05) is 0 Å². The first-order valence-electron chi connectivity index (χ1n) is 4.54. The van der Waals surface area contributed by atoms with Gasteiger partial charge in [0.05, 0.1) is 18.4 Å². The fourth-order valence-corrected chi connectivity index (χ4v) is 1.74. The molecule has 1 saturated carbocycles. The van der Waals surface area contributed by atoms with Crippen LogP contribution < -0.4 is 10.2 Å². The zero-order chi connectivity index (χ0) is 16.4. The molecule has 0 bridgehead atoms. The van der Waals surface area contributed by atoms with Crippen molar-refractivity contribution in [1.29, 1.82) is 0 Å². The van der Waals surface area contributed by atoms with E-state index in [1.54, 1.807) is 0 Å². The Labute approximate surface area is 120 Å². The van der Waals surface area contributed by atoms with E-state index in [9.17, 15) is 54.9 Å². The fourth-order valence-electron chi connectivity index (χ4n) is 1.74. The Hall–Kier alpha value is -1.10. The molecule has 0 amide bonds. The molecule has 0 aromatic rings. The van der Waals surface area contributed by atoms with Gasteiger partial charge in [-0.3, -0.25) is 0 Å². The van der Waals surface area contributed by atoms with Gasteiger partial charge in [0.1, 0.15) is 0 Å². The van der Waals surface area contributed by atoms with Crippen LogP contribution in [-0.2, 0) is 26.7 Å². The van der Waals surface area contributed by atoms with Crippen LogP contribution in [0.25, 0.3) is 0 Å². The first-order chi connectivity index (χ1) is 8.59. The summed E-state index contributed by atoms with van der Waals surface area (Å²) in [6.07, 6.45) is -3.37. The van der Waals surface area contributed by atoms with E-state index in [2.05, 4.69) is 0 Å². The van der Waals surface area contributed by atoms with Crippen molar-refractivity contribution < 1.29 is 72.0 Å². The number of halogens is 8. The van der Waals surface area contributed by atoms with Crippen LogP contribution in [0.1, 0.15) is 6.42 Å². The number of carbonyl (C=O) groups is 2. The normalized spacial score (nSPS) is 36.4. The van der Waals surface area contributed by atoms with Gasteiger partial charge in [-0.05, 0) is 0 Å². The Morgan fingerprint density at radius 1 is 0.762 bits per heavy atom. The Kier molecular flexibility index (Phi) is 4.45. The van der Waals surface area contributed by atoms with Gasteiger partial charge in [0.25, 0.3) is 5.67 Å². The summed E-state index contributed by atoms with van der Waals surface area (Å²) in [5.41, 5.74) is -11.9.